The first-order valence-electron chi connectivity index (χ1n) is 9.96. The Morgan fingerprint density at radius 1 is 1.22 bits per heavy atom. The average molecular weight is 438 g/mol. The van der Waals surface area contributed by atoms with Gasteiger partial charge < -0.3 is 9.84 Å². The van der Waals surface area contributed by atoms with Crippen molar-refractivity contribution in [2.45, 2.75) is 33.9 Å². The van der Waals surface area contributed by atoms with E-state index in [0.717, 1.165) is 16.1 Å². The van der Waals surface area contributed by atoms with Crippen molar-refractivity contribution in [3.8, 4) is 17.0 Å². The Morgan fingerprint density at radius 3 is 2.53 bits per heavy atom. The number of carbonyl (C=O) groups is 2. The second kappa shape index (κ2) is 9.50. The number of amides is 2. The molecule has 3 aromatic rings. The maximum Gasteiger partial charge on any atom is 0.354 e. The van der Waals surface area contributed by atoms with E-state index in [2.05, 4.69) is 5.10 Å². The number of urea groups is 1. The van der Waals surface area contributed by atoms with Crippen LogP contribution in [0.1, 0.15) is 34.1 Å². The summed E-state index contributed by atoms with van der Waals surface area (Å²) >= 11 is 0. The Labute approximate surface area is 185 Å². The molecule has 0 fully saturated rings. The second-order valence-corrected chi connectivity index (χ2v) is 7.16. The van der Waals surface area contributed by atoms with Crippen molar-refractivity contribution in [3.05, 3.63) is 64.8 Å². The van der Waals surface area contributed by atoms with E-state index in [1.54, 1.807) is 25.1 Å². The Morgan fingerprint density at radius 2 is 1.94 bits per heavy atom. The highest BCUT2D eigenvalue weighted by Gasteiger charge is 2.21. The number of benzene rings is 2. The van der Waals surface area contributed by atoms with E-state index < -0.39 is 12.0 Å². The van der Waals surface area contributed by atoms with E-state index in [-0.39, 0.29) is 12.3 Å². The number of hydrazine groups is 2. The predicted molar refractivity (Wildman–Crippen MR) is 120 cm³/mol. The third-order valence-corrected chi connectivity index (χ3v) is 5.12. The van der Waals surface area contributed by atoms with Crippen LogP contribution < -0.4 is 26.9 Å². The smallest absolute Gasteiger partial charge is 0.354 e. The zero-order chi connectivity index (χ0) is 23.4. The molecule has 0 spiro atoms. The van der Waals surface area contributed by atoms with Crippen LogP contribution in [0, 0.1) is 13.8 Å². The van der Waals surface area contributed by atoms with Gasteiger partial charge in [-0.3, -0.25) is 10.1 Å². The summed E-state index contributed by atoms with van der Waals surface area (Å²) in [6.45, 7) is 6.13. The van der Waals surface area contributed by atoms with E-state index in [1.807, 2.05) is 43.5 Å². The van der Waals surface area contributed by atoms with E-state index in [0.29, 0.717) is 34.8 Å². The number of anilines is 1. The minimum absolute atomic E-state index is 0.175. The molecule has 3 rings (SSSR count). The van der Waals surface area contributed by atoms with Crippen molar-refractivity contribution in [1.29, 1.82) is 0 Å². The van der Waals surface area contributed by atoms with Crippen molar-refractivity contribution in [2.75, 3.05) is 5.01 Å². The molecule has 0 aliphatic rings. The molecule has 10 nitrogen and oxygen atoms in total. The standard InChI is InChI=1S/C22H26N6O4/c1-4-27-20(21(29)30)14(3)19(26-27)15-9-10-18(13(2)11-15)32-12-16-7-5-6-8-17(16)28(24)22(31)25-23/h5-11H,4,12,23-24H2,1-3H3,(H,25,31)(H,29,30). The second-order valence-electron chi connectivity index (χ2n) is 7.16. The number of carboxylic acid groups (broad SMARTS) is 1. The summed E-state index contributed by atoms with van der Waals surface area (Å²) in [6, 6.07) is 12.0. The van der Waals surface area contributed by atoms with E-state index in [1.165, 1.54) is 4.68 Å². The summed E-state index contributed by atoms with van der Waals surface area (Å²) in [5.41, 5.74) is 6.23. The van der Waals surface area contributed by atoms with Crippen molar-refractivity contribution in [1.82, 2.24) is 15.2 Å². The Hall–Kier alpha value is -3.89. The van der Waals surface area contributed by atoms with Gasteiger partial charge in [0.25, 0.3) is 0 Å². The lowest BCUT2D eigenvalue weighted by Gasteiger charge is -2.20. The van der Waals surface area contributed by atoms with Gasteiger partial charge in [0, 0.05) is 23.2 Å². The fourth-order valence-corrected chi connectivity index (χ4v) is 3.49. The Kier molecular flexibility index (Phi) is 6.76. The fourth-order valence-electron chi connectivity index (χ4n) is 3.49. The van der Waals surface area contributed by atoms with Gasteiger partial charge in [-0.15, -0.1) is 0 Å². The zero-order valence-corrected chi connectivity index (χ0v) is 18.1. The number of para-hydroxylation sites is 1. The lowest BCUT2D eigenvalue weighted by Crippen LogP contribution is -2.48. The predicted octanol–water partition coefficient (Wildman–Crippen LogP) is 2.73. The number of nitrogens with zero attached hydrogens (tertiary/aromatic N) is 3. The van der Waals surface area contributed by atoms with Crippen LogP contribution in [-0.2, 0) is 13.2 Å². The molecule has 0 bridgehead atoms. The molecule has 0 saturated carbocycles. The number of carbonyl (C=O) groups excluding carboxylic acids is 1. The molecule has 2 aromatic carbocycles. The summed E-state index contributed by atoms with van der Waals surface area (Å²) in [4.78, 5) is 23.4. The minimum atomic E-state index is -1.00. The van der Waals surface area contributed by atoms with Crippen LogP contribution in [0.4, 0.5) is 10.5 Å². The topological polar surface area (TPSA) is 149 Å². The summed E-state index contributed by atoms with van der Waals surface area (Å²) < 4.78 is 7.46. The van der Waals surface area contributed by atoms with Crippen molar-refractivity contribution < 1.29 is 19.4 Å². The number of aromatic nitrogens is 2. The fraction of sp³-hybridized carbons (Fsp3) is 0.227. The first-order valence-corrected chi connectivity index (χ1v) is 9.96. The largest absolute Gasteiger partial charge is 0.489 e. The van der Waals surface area contributed by atoms with Crippen LogP contribution in [-0.4, -0.2) is 26.9 Å². The van der Waals surface area contributed by atoms with E-state index >= 15 is 0 Å². The minimum Gasteiger partial charge on any atom is -0.489 e. The van der Waals surface area contributed by atoms with Crippen LogP contribution in [0.2, 0.25) is 0 Å². The molecular weight excluding hydrogens is 412 g/mol. The molecule has 2 amide bonds. The molecule has 0 saturated heterocycles. The number of nitrogens with two attached hydrogens (primary N) is 2. The summed E-state index contributed by atoms with van der Waals surface area (Å²) in [5, 5.41) is 14.9. The molecule has 0 aliphatic carbocycles. The third-order valence-electron chi connectivity index (χ3n) is 5.12. The van der Waals surface area contributed by atoms with Gasteiger partial charge in [-0.05, 0) is 50.6 Å². The van der Waals surface area contributed by atoms with Crippen molar-refractivity contribution >= 4 is 17.7 Å². The van der Waals surface area contributed by atoms with Crippen LogP contribution in [0.3, 0.4) is 0 Å². The summed E-state index contributed by atoms with van der Waals surface area (Å²) in [7, 11) is 0. The molecule has 0 atom stereocenters. The van der Waals surface area contributed by atoms with Crippen LogP contribution in [0.15, 0.2) is 42.5 Å². The lowest BCUT2D eigenvalue weighted by atomic mass is 10.0. The Balaban J connectivity index is 1.84. The molecular formula is C22H26N6O4. The summed E-state index contributed by atoms with van der Waals surface area (Å²) in [6.07, 6.45) is 0. The molecule has 0 radical (unpaired) electrons. The molecule has 10 heteroatoms. The zero-order valence-electron chi connectivity index (χ0n) is 18.1. The van der Waals surface area contributed by atoms with Gasteiger partial charge >= 0.3 is 12.0 Å². The maximum atomic E-state index is 11.8. The van der Waals surface area contributed by atoms with Gasteiger partial charge in [-0.1, -0.05) is 18.2 Å². The SMILES string of the molecule is CCn1nc(-c2ccc(OCc3ccccc3N(N)C(=O)NN)c(C)c2)c(C)c1C(=O)O. The van der Waals surface area contributed by atoms with E-state index in [4.69, 9.17) is 16.4 Å². The van der Waals surface area contributed by atoms with Crippen molar-refractivity contribution in [3.63, 3.8) is 0 Å². The van der Waals surface area contributed by atoms with Gasteiger partial charge in [0.1, 0.15) is 18.1 Å². The molecule has 1 aromatic heterocycles. The number of aromatic carboxylic acids is 1. The van der Waals surface area contributed by atoms with Crippen LogP contribution in [0.5, 0.6) is 5.75 Å². The molecule has 168 valence electrons. The molecule has 0 aliphatic heterocycles. The molecule has 6 N–H and O–H groups in total. The van der Waals surface area contributed by atoms with E-state index in [9.17, 15) is 14.7 Å². The highest BCUT2D eigenvalue weighted by atomic mass is 16.5. The first kappa shape index (κ1) is 22.8. The molecule has 0 unspecified atom stereocenters. The number of nitrogens with one attached hydrogen (secondary N) is 1. The van der Waals surface area contributed by atoms with Crippen LogP contribution >= 0.6 is 0 Å². The lowest BCUT2D eigenvalue weighted by molar-refractivity contribution is 0.0682. The van der Waals surface area contributed by atoms with Gasteiger partial charge in [-0.2, -0.15) is 5.10 Å². The first-order chi connectivity index (χ1) is 15.3. The quantitative estimate of drug-likeness (QED) is 0.252. The highest BCUT2D eigenvalue weighted by Crippen LogP contribution is 2.30. The normalized spacial score (nSPS) is 10.7. The van der Waals surface area contributed by atoms with Crippen molar-refractivity contribution in [2.24, 2.45) is 11.7 Å². The Bertz CT molecular complexity index is 1160. The number of rotatable bonds is 7. The average Bonchev–Trinajstić information content (AvgIpc) is 3.13. The number of hydrogen-bond acceptors (Lipinski definition) is 6. The highest BCUT2D eigenvalue weighted by molar-refractivity contribution is 5.91. The number of carboxylic acids is 1. The number of aryl methyl sites for hydroxylation is 2. The van der Waals surface area contributed by atoms with Gasteiger partial charge in [0.05, 0.1) is 11.4 Å². The summed E-state index contributed by atoms with van der Waals surface area (Å²) in [5.74, 6) is 10.6. The van der Waals surface area contributed by atoms with Gasteiger partial charge in [0.15, 0.2) is 0 Å². The van der Waals surface area contributed by atoms with Crippen LogP contribution in [0.25, 0.3) is 11.3 Å². The third kappa shape index (κ3) is 4.41. The number of hydrogen-bond donors (Lipinski definition) is 4. The maximum absolute atomic E-state index is 11.8. The molecule has 32 heavy (non-hydrogen) atoms. The van der Waals surface area contributed by atoms with Gasteiger partial charge in [-0.25, -0.2) is 26.3 Å². The molecule has 1 heterocycles. The number of ether oxygens (including phenoxy) is 1. The van der Waals surface area contributed by atoms with Gasteiger partial charge in [0.2, 0.25) is 0 Å². The monoisotopic (exact) mass is 438 g/mol.